The Labute approximate surface area is 125 Å². The molecule has 5 nitrogen and oxygen atoms in total. The van der Waals surface area contributed by atoms with E-state index in [2.05, 4.69) is 0 Å². The number of thioether (sulfide) groups is 1. The van der Waals surface area contributed by atoms with Gasteiger partial charge in [-0.05, 0) is 19.1 Å². The predicted octanol–water partition coefficient (Wildman–Crippen LogP) is 2.76. The Kier molecular flexibility index (Phi) is 7.21. The maximum absolute atomic E-state index is 12.1. The molecule has 0 spiro atoms. The van der Waals surface area contributed by atoms with Gasteiger partial charge in [0.25, 0.3) is 11.7 Å². The van der Waals surface area contributed by atoms with Crippen LogP contribution >= 0.6 is 11.8 Å². The fraction of sp³-hybridized carbons (Fsp3) is 0.538. The van der Waals surface area contributed by atoms with Crippen LogP contribution in [0, 0.1) is 0 Å². The molecule has 8 heteroatoms. The number of halogens is 2. The third kappa shape index (κ3) is 6.16. The lowest BCUT2D eigenvalue weighted by molar-refractivity contribution is -0.143. The van der Waals surface area contributed by atoms with Gasteiger partial charge >= 0.3 is 5.97 Å². The number of hydrogen-bond acceptors (Lipinski definition) is 5. The van der Waals surface area contributed by atoms with Crippen molar-refractivity contribution < 1.29 is 27.5 Å². The van der Waals surface area contributed by atoms with Crippen LogP contribution in [-0.4, -0.2) is 42.7 Å². The molecule has 0 radical (unpaired) electrons. The summed E-state index contributed by atoms with van der Waals surface area (Å²) in [6.07, 6.45) is 0.0882. The Morgan fingerprint density at radius 1 is 1.43 bits per heavy atom. The molecule has 1 rings (SSSR count). The first-order valence-electron chi connectivity index (χ1n) is 6.33. The SMILES string of the molecule is CCOC(=O)CCN(C)C(=O)c1ccc(CSC(F)F)o1. The molecule has 0 bridgehead atoms. The highest BCUT2D eigenvalue weighted by molar-refractivity contribution is 7.98. The standard InChI is InChI=1S/C13H17F2NO4S/c1-3-19-11(17)6-7-16(2)12(18)10-5-4-9(20-10)8-21-13(14)15/h4-5,13H,3,6-8H2,1-2H3. The molecule has 0 saturated carbocycles. The van der Waals surface area contributed by atoms with Crippen molar-refractivity contribution in [1.82, 2.24) is 4.90 Å². The van der Waals surface area contributed by atoms with Crippen molar-refractivity contribution in [3.8, 4) is 0 Å². The van der Waals surface area contributed by atoms with Gasteiger partial charge in [-0.3, -0.25) is 9.59 Å². The van der Waals surface area contributed by atoms with Crippen molar-refractivity contribution in [3.63, 3.8) is 0 Å². The summed E-state index contributed by atoms with van der Waals surface area (Å²) in [7, 11) is 1.53. The molecule has 0 aliphatic rings. The summed E-state index contributed by atoms with van der Waals surface area (Å²) in [5.74, 6) is -2.91. The van der Waals surface area contributed by atoms with Gasteiger partial charge in [0.2, 0.25) is 0 Å². The maximum atomic E-state index is 12.1. The molecule has 1 aromatic rings. The molecule has 0 unspecified atom stereocenters. The predicted molar refractivity (Wildman–Crippen MR) is 74.2 cm³/mol. The van der Waals surface area contributed by atoms with E-state index >= 15 is 0 Å². The van der Waals surface area contributed by atoms with Gasteiger partial charge in [-0.1, -0.05) is 11.8 Å². The molecule has 1 heterocycles. The summed E-state index contributed by atoms with van der Waals surface area (Å²) in [5, 5.41) is 0. The average Bonchev–Trinajstić information content (AvgIpc) is 2.91. The molecule has 0 aliphatic heterocycles. The van der Waals surface area contributed by atoms with E-state index < -0.39 is 11.7 Å². The van der Waals surface area contributed by atoms with Crippen LogP contribution in [0.2, 0.25) is 0 Å². The fourth-order valence-electron chi connectivity index (χ4n) is 1.50. The van der Waals surface area contributed by atoms with Gasteiger partial charge in [0, 0.05) is 13.6 Å². The number of furan rings is 1. The van der Waals surface area contributed by atoms with Gasteiger partial charge in [-0.25, -0.2) is 0 Å². The summed E-state index contributed by atoms with van der Waals surface area (Å²) in [4.78, 5) is 24.5. The van der Waals surface area contributed by atoms with Crippen LogP contribution in [0.25, 0.3) is 0 Å². The molecular weight excluding hydrogens is 304 g/mol. The summed E-state index contributed by atoms with van der Waals surface area (Å²) in [6.45, 7) is 2.19. The Hall–Kier alpha value is -1.57. The number of carbonyl (C=O) groups is 2. The zero-order chi connectivity index (χ0) is 15.8. The second-order valence-electron chi connectivity index (χ2n) is 4.12. The number of carbonyl (C=O) groups excluding carboxylic acids is 2. The van der Waals surface area contributed by atoms with Crippen LogP contribution < -0.4 is 0 Å². The van der Waals surface area contributed by atoms with Crippen LogP contribution in [0.1, 0.15) is 29.7 Å². The molecule has 0 atom stereocenters. The van der Waals surface area contributed by atoms with Crippen molar-refractivity contribution in [2.24, 2.45) is 0 Å². The number of amides is 1. The van der Waals surface area contributed by atoms with E-state index in [4.69, 9.17) is 9.15 Å². The molecule has 0 aromatic carbocycles. The van der Waals surface area contributed by atoms with E-state index in [0.29, 0.717) is 24.1 Å². The van der Waals surface area contributed by atoms with Gasteiger partial charge in [-0.15, -0.1) is 0 Å². The summed E-state index contributed by atoms with van der Waals surface area (Å²) >= 11 is 0.424. The second-order valence-corrected chi connectivity index (χ2v) is 5.10. The lowest BCUT2D eigenvalue weighted by Gasteiger charge is -2.14. The number of esters is 1. The quantitative estimate of drug-likeness (QED) is 0.689. The Morgan fingerprint density at radius 2 is 2.14 bits per heavy atom. The number of alkyl halides is 2. The molecule has 118 valence electrons. The highest BCUT2D eigenvalue weighted by Crippen LogP contribution is 2.21. The Bertz CT molecular complexity index is 478. The van der Waals surface area contributed by atoms with E-state index in [1.165, 1.54) is 24.1 Å². The van der Waals surface area contributed by atoms with Gasteiger partial charge in [-0.2, -0.15) is 8.78 Å². The molecule has 0 saturated heterocycles. The van der Waals surface area contributed by atoms with Crippen molar-refractivity contribution >= 4 is 23.6 Å². The minimum Gasteiger partial charge on any atom is -0.466 e. The number of rotatable bonds is 8. The smallest absolute Gasteiger partial charge is 0.307 e. The molecule has 1 aromatic heterocycles. The molecular formula is C13H17F2NO4S. The first-order chi connectivity index (χ1) is 9.93. The lowest BCUT2D eigenvalue weighted by Crippen LogP contribution is -2.29. The van der Waals surface area contributed by atoms with E-state index in [-0.39, 0.29) is 30.4 Å². The van der Waals surface area contributed by atoms with Gasteiger partial charge in [0.05, 0.1) is 18.8 Å². The maximum Gasteiger partial charge on any atom is 0.307 e. The Morgan fingerprint density at radius 3 is 2.76 bits per heavy atom. The number of hydrogen-bond donors (Lipinski definition) is 0. The molecule has 0 aliphatic carbocycles. The molecule has 1 amide bonds. The third-order valence-electron chi connectivity index (χ3n) is 2.53. The molecule has 0 fully saturated rings. The van der Waals surface area contributed by atoms with Crippen molar-refractivity contribution in [3.05, 3.63) is 23.7 Å². The highest BCUT2D eigenvalue weighted by atomic mass is 32.2. The van der Waals surface area contributed by atoms with Crippen molar-refractivity contribution in [2.45, 2.75) is 24.9 Å². The van der Waals surface area contributed by atoms with Crippen LogP contribution in [0.3, 0.4) is 0 Å². The van der Waals surface area contributed by atoms with Crippen LogP contribution in [0.15, 0.2) is 16.5 Å². The number of nitrogens with zero attached hydrogens (tertiary/aromatic N) is 1. The zero-order valence-corrected chi connectivity index (χ0v) is 12.6. The van der Waals surface area contributed by atoms with Gasteiger partial charge < -0.3 is 14.1 Å². The Balaban J connectivity index is 2.48. The molecule has 0 N–H and O–H groups in total. The van der Waals surface area contributed by atoms with Crippen LogP contribution in [-0.2, 0) is 15.3 Å². The monoisotopic (exact) mass is 321 g/mol. The van der Waals surface area contributed by atoms with Gasteiger partial charge in [0.15, 0.2) is 5.76 Å². The van der Waals surface area contributed by atoms with E-state index in [1.54, 1.807) is 6.92 Å². The number of ether oxygens (including phenoxy) is 1. The fourth-order valence-corrected chi connectivity index (χ4v) is 1.94. The third-order valence-corrected chi connectivity index (χ3v) is 3.23. The van der Waals surface area contributed by atoms with Crippen LogP contribution in [0.4, 0.5) is 8.78 Å². The minimum atomic E-state index is -2.48. The second kappa shape index (κ2) is 8.66. The van der Waals surface area contributed by atoms with Crippen LogP contribution in [0.5, 0.6) is 0 Å². The van der Waals surface area contributed by atoms with E-state index in [9.17, 15) is 18.4 Å². The van der Waals surface area contributed by atoms with E-state index in [1.807, 2.05) is 0 Å². The summed E-state index contributed by atoms with van der Waals surface area (Å²) < 4.78 is 34.1. The lowest BCUT2D eigenvalue weighted by atomic mass is 10.3. The first kappa shape index (κ1) is 17.5. The zero-order valence-electron chi connectivity index (χ0n) is 11.8. The van der Waals surface area contributed by atoms with Gasteiger partial charge in [0.1, 0.15) is 5.76 Å². The normalized spacial score (nSPS) is 10.7. The largest absolute Gasteiger partial charge is 0.466 e. The highest BCUT2D eigenvalue weighted by Gasteiger charge is 2.17. The van der Waals surface area contributed by atoms with Crippen molar-refractivity contribution in [1.29, 1.82) is 0 Å². The summed E-state index contributed by atoms with van der Waals surface area (Å²) in [5.41, 5.74) is 0. The minimum absolute atomic E-state index is 0.00249. The van der Waals surface area contributed by atoms with E-state index in [0.717, 1.165) is 0 Å². The first-order valence-corrected chi connectivity index (χ1v) is 7.38. The molecule has 21 heavy (non-hydrogen) atoms. The topological polar surface area (TPSA) is 59.8 Å². The summed E-state index contributed by atoms with van der Waals surface area (Å²) in [6, 6.07) is 2.92. The van der Waals surface area contributed by atoms with Crippen molar-refractivity contribution in [2.75, 3.05) is 20.2 Å². The average molecular weight is 321 g/mol.